The van der Waals surface area contributed by atoms with Crippen LogP contribution in [0.25, 0.3) is 0 Å². The van der Waals surface area contributed by atoms with Gasteiger partial charge >= 0.3 is 0 Å². The molecule has 0 aliphatic carbocycles. The van der Waals surface area contributed by atoms with E-state index in [2.05, 4.69) is 9.71 Å². The Morgan fingerprint density at radius 1 is 1.00 bits per heavy atom. The van der Waals surface area contributed by atoms with Crippen LogP contribution in [0.2, 0.25) is 0 Å². The summed E-state index contributed by atoms with van der Waals surface area (Å²) in [6.07, 6.45) is 0.660. The van der Waals surface area contributed by atoms with Crippen molar-refractivity contribution in [2.45, 2.75) is 24.8 Å². The van der Waals surface area contributed by atoms with Crippen LogP contribution in [0.15, 0.2) is 59.6 Å². The number of hydrogen-bond donors (Lipinski definition) is 1. The van der Waals surface area contributed by atoms with Crippen molar-refractivity contribution in [3.63, 3.8) is 0 Å². The van der Waals surface area contributed by atoms with E-state index in [0.717, 1.165) is 30.5 Å². The van der Waals surface area contributed by atoms with E-state index in [1.807, 2.05) is 6.07 Å². The van der Waals surface area contributed by atoms with Gasteiger partial charge in [0.1, 0.15) is 29.3 Å². The maximum atomic E-state index is 13.7. The average Bonchev–Trinajstić information content (AvgIpc) is 2.71. The fourth-order valence-corrected chi connectivity index (χ4v) is 3.55. The van der Waals surface area contributed by atoms with Gasteiger partial charge in [0.2, 0.25) is 0 Å². The zero-order chi connectivity index (χ0) is 22.6. The van der Waals surface area contributed by atoms with Crippen LogP contribution < -0.4 is 14.2 Å². The van der Waals surface area contributed by atoms with Gasteiger partial charge in [0, 0.05) is 6.07 Å². The fourth-order valence-electron chi connectivity index (χ4n) is 2.52. The maximum absolute atomic E-state index is 13.7. The number of anilines is 1. The van der Waals surface area contributed by atoms with Crippen molar-refractivity contribution < 1.29 is 26.7 Å². The molecule has 160 valence electrons. The van der Waals surface area contributed by atoms with Crippen molar-refractivity contribution in [1.82, 2.24) is 4.98 Å². The van der Waals surface area contributed by atoms with Gasteiger partial charge in [-0.05, 0) is 56.3 Å². The Bertz CT molecular complexity index is 1240. The van der Waals surface area contributed by atoms with Crippen LogP contribution in [-0.2, 0) is 10.0 Å². The molecule has 1 aromatic heterocycles. The van der Waals surface area contributed by atoms with Gasteiger partial charge in [0.15, 0.2) is 11.5 Å². The first-order valence-electron chi connectivity index (χ1n) is 9.00. The molecule has 0 atom stereocenters. The van der Waals surface area contributed by atoms with Crippen LogP contribution in [0.3, 0.4) is 0 Å². The second-order valence-electron chi connectivity index (χ2n) is 6.60. The highest BCUT2D eigenvalue weighted by molar-refractivity contribution is 7.92. The van der Waals surface area contributed by atoms with E-state index in [4.69, 9.17) is 9.47 Å². The second-order valence-corrected chi connectivity index (χ2v) is 8.28. The molecule has 0 radical (unpaired) electrons. The standard InChI is InChI=1S/C21H17F2N3O4S/c1-13(2)29-19-6-3-15(22)10-20(19)30-18-7-5-17(9-14(18)11-24)31(27,28)26-21-8-4-16(23)12-25-21/h3-10,12-13H,1-2H3,(H,25,26). The first-order valence-corrected chi connectivity index (χ1v) is 10.5. The summed E-state index contributed by atoms with van der Waals surface area (Å²) < 4.78 is 65.3. The van der Waals surface area contributed by atoms with Gasteiger partial charge in [-0.3, -0.25) is 4.72 Å². The molecule has 0 aliphatic heterocycles. The molecule has 2 aromatic carbocycles. The highest BCUT2D eigenvalue weighted by Crippen LogP contribution is 2.35. The number of rotatable bonds is 7. The average molecular weight is 445 g/mol. The van der Waals surface area contributed by atoms with Gasteiger partial charge in [-0.2, -0.15) is 5.26 Å². The smallest absolute Gasteiger partial charge is 0.263 e. The normalized spacial score (nSPS) is 11.1. The Kier molecular flexibility index (Phi) is 6.36. The van der Waals surface area contributed by atoms with Crippen LogP contribution in [0.1, 0.15) is 19.4 Å². The third-order valence-corrected chi connectivity index (χ3v) is 5.19. The summed E-state index contributed by atoms with van der Waals surface area (Å²) >= 11 is 0. The number of nitrogens with one attached hydrogen (secondary N) is 1. The monoisotopic (exact) mass is 445 g/mol. The van der Waals surface area contributed by atoms with E-state index in [9.17, 15) is 22.5 Å². The van der Waals surface area contributed by atoms with Gasteiger partial charge in [-0.15, -0.1) is 0 Å². The Balaban J connectivity index is 1.91. The summed E-state index contributed by atoms with van der Waals surface area (Å²) in [6, 6.07) is 11.4. The number of halogens is 2. The summed E-state index contributed by atoms with van der Waals surface area (Å²) in [5, 5.41) is 9.47. The molecule has 0 amide bonds. The Hall–Kier alpha value is -3.71. The second kappa shape index (κ2) is 8.97. The van der Waals surface area contributed by atoms with Crippen LogP contribution in [0.5, 0.6) is 17.2 Å². The molecule has 1 heterocycles. The number of ether oxygens (including phenoxy) is 2. The highest BCUT2D eigenvalue weighted by atomic mass is 32.2. The molecule has 0 aliphatic rings. The lowest BCUT2D eigenvalue weighted by Crippen LogP contribution is -2.14. The van der Waals surface area contributed by atoms with E-state index >= 15 is 0 Å². The van der Waals surface area contributed by atoms with E-state index in [0.29, 0.717) is 0 Å². The molecular formula is C21H17F2N3O4S. The number of aromatic nitrogens is 1. The summed E-state index contributed by atoms with van der Waals surface area (Å²) in [4.78, 5) is 3.41. The number of pyridine rings is 1. The molecule has 0 saturated carbocycles. The molecule has 10 heteroatoms. The van der Waals surface area contributed by atoms with Crippen LogP contribution in [0.4, 0.5) is 14.6 Å². The molecule has 1 N–H and O–H groups in total. The summed E-state index contributed by atoms with van der Waals surface area (Å²) in [6.45, 7) is 3.58. The van der Waals surface area contributed by atoms with Crippen molar-refractivity contribution in [3.8, 4) is 23.3 Å². The molecule has 0 spiro atoms. The lowest BCUT2D eigenvalue weighted by molar-refractivity contribution is 0.233. The van der Waals surface area contributed by atoms with E-state index < -0.39 is 21.7 Å². The molecule has 31 heavy (non-hydrogen) atoms. The quantitative estimate of drug-likeness (QED) is 0.570. The third kappa shape index (κ3) is 5.46. The van der Waals surface area contributed by atoms with Crippen molar-refractivity contribution >= 4 is 15.8 Å². The number of nitriles is 1. The van der Waals surface area contributed by atoms with E-state index in [1.54, 1.807) is 13.8 Å². The number of sulfonamides is 1. The van der Waals surface area contributed by atoms with E-state index in [1.165, 1.54) is 24.3 Å². The predicted octanol–water partition coefficient (Wildman–Crippen LogP) is 4.61. The Morgan fingerprint density at radius 3 is 2.35 bits per heavy atom. The Labute approximate surface area is 177 Å². The zero-order valence-electron chi connectivity index (χ0n) is 16.5. The van der Waals surface area contributed by atoms with Crippen LogP contribution in [0, 0.1) is 23.0 Å². The minimum absolute atomic E-state index is 0.0144. The first kappa shape index (κ1) is 22.0. The maximum Gasteiger partial charge on any atom is 0.263 e. The number of nitrogens with zero attached hydrogens (tertiary/aromatic N) is 2. The van der Waals surface area contributed by atoms with Crippen molar-refractivity contribution in [2.75, 3.05) is 4.72 Å². The molecule has 3 rings (SSSR count). The molecule has 0 unspecified atom stereocenters. The first-order chi connectivity index (χ1) is 14.7. The van der Waals surface area contributed by atoms with Gasteiger partial charge in [0.25, 0.3) is 10.0 Å². The summed E-state index contributed by atoms with van der Waals surface area (Å²) in [5.41, 5.74) is -0.102. The lowest BCUT2D eigenvalue weighted by atomic mass is 10.2. The van der Waals surface area contributed by atoms with Gasteiger partial charge in [0.05, 0.1) is 22.8 Å². The molecule has 0 bridgehead atoms. The zero-order valence-corrected chi connectivity index (χ0v) is 17.3. The number of hydrogen-bond acceptors (Lipinski definition) is 6. The van der Waals surface area contributed by atoms with Gasteiger partial charge in [-0.1, -0.05) is 0 Å². The largest absolute Gasteiger partial charge is 0.487 e. The molecule has 7 nitrogen and oxygen atoms in total. The van der Waals surface area contributed by atoms with Crippen molar-refractivity contribution in [3.05, 3.63) is 71.9 Å². The molecule has 0 saturated heterocycles. The van der Waals surface area contributed by atoms with Crippen molar-refractivity contribution in [1.29, 1.82) is 5.26 Å². The minimum Gasteiger partial charge on any atom is -0.487 e. The van der Waals surface area contributed by atoms with Gasteiger partial charge < -0.3 is 9.47 Å². The fraction of sp³-hybridized carbons (Fsp3) is 0.143. The topological polar surface area (TPSA) is 101 Å². The van der Waals surface area contributed by atoms with Crippen LogP contribution in [-0.4, -0.2) is 19.5 Å². The highest BCUT2D eigenvalue weighted by Gasteiger charge is 2.19. The molecule has 0 fully saturated rings. The lowest BCUT2D eigenvalue weighted by Gasteiger charge is -2.16. The SMILES string of the molecule is CC(C)Oc1ccc(F)cc1Oc1ccc(S(=O)(=O)Nc2ccc(F)cn2)cc1C#N. The molecular weight excluding hydrogens is 428 g/mol. The van der Waals surface area contributed by atoms with Gasteiger partial charge in [-0.25, -0.2) is 22.2 Å². The molecule has 3 aromatic rings. The minimum atomic E-state index is -4.11. The summed E-state index contributed by atoms with van der Waals surface area (Å²) in [5.74, 6) is -0.958. The van der Waals surface area contributed by atoms with Crippen molar-refractivity contribution in [2.24, 2.45) is 0 Å². The summed E-state index contributed by atoms with van der Waals surface area (Å²) in [7, 11) is -4.11. The predicted molar refractivity (Wildman–Crippen MR) is 108 cm³/mol. The van der Waals surface area contributed by atoms with Crippen LogP contribution >= 0.6 is 0 Å². The Morgan fingerprint density at radius 2 is 1.71 bits per heavy atom. The number of benzene rings is 2. The van der Waals surface area contributed by atoms with E-state index in [-0.39, 0.29) is 39.6 Å². The third-order valence-electron chi connectivity index (χ3n) is 3.84.